The Bertz CT molecular complexity index is 1440. The van der Waals surface area contributed by atoms with Gasteiger partial charge in [0.1, 0.15) is 0 Å². The van der Waals surface area contributed by atoms with E-state index in [-0.39, 0.29) is 55.7 Å². The van der Waals surface area contributed by atoms with E-state index in [0.717, 1.165) is 45.0 Å². The van der Waals surface area contributed by atoms with Gasteiger partial charge in [0.2, 0.25) is 11.9 Å². The third kappa shape index (κ3) is 7.67. The zero-order chi connectivity index (χ0) is 29.3. The number of H-pyrrole nitrogens is 1. The van der Waals surface area contributed by atoms with Crippen molar-refractivity contribution >= 4 is 39.0 Å². The number of aromatic nitrogens is 3. The summed E-state index contributed by atoms with van der Waals surface area (Å²) in [7, 11) is -3.63. The van der Waals surface area contributed by atoms with E-state index >= 15 is 0 Å². The highest BCUT2D eigenvalue weighted by molar-refractivity contribution is 7.91. The summed E-state index contributed by atoms with van der Waals surface area (Å²) in [6.07, 6.45) is -1.94. The van der Waals surface area contributed by atoms with Gasteiger partial charge in [-0.25, -0.2) is 13.5 Å². The fourth-order valence-corrected chi connectivity index (χ4v) is 6.84. The molecule has 0 radical (unpaired) electrons. The molecule has 1 unspecified atom stereocenters. The zero-order valence-electron chi connectivity index (χ0n) is 22.6. The van der Waals surface area contributed by atoms with Crippen LogP contribution < -0.4 is 11.1 Å². The molecule has 4 rings (SSSR count). The van der Waals surface area contributed by atoms with E-state index in [1.807, 2.05) is 0 Å². The van der Waals surface area contributed by atoms with Gasteiger partial charge in [-0.05, 0) is 73.5 Å². The van der Waals surface area contributed by atoms with Crippen LogP contribution in [-0.2, 0) is 16.0 Å². The second kappa shape index (κ2) is 11.6. The van der Waals surface area contributed by atoms with Gasteiger partial charge in [-0.2, -0.15) is 18.2 Å². The van der Waals surface area contributed by atoms with Crippen molar-refractivity contribution in [3.8, 4) is 11.1 Å². The average molecular weight is 599 g/mol. The van der Waals surface area contributed by atoms with E-state index in [1.165, 1.54) is 30.3 Å². The van der Waals surface area contributed by atoms with Crippen molar-refractivity contribution in [2.24, 2.45) is 11.3 Å². The van der Waals surface area contributed by atoms with Gasteiger partial charge >= 0.3 is 6.18 Å². The Morgan fingerprint density at radius 3 is 2.48 bits per heavy atom. The maximum Gasteiger partial charge on any atom is 0.417 e. The molecule has 1 saturated heterocycles. The van der Waals surface area contributed by atoms with Crippen LogP contribution in [0.5, 0.6) is 0 Å². The number of hydrogen-bond acceptors (Lipinski definition) is 7. The summed E-state index contributed by atoms with van der Waals surface area (Å²) in [6.45, 7) is 9.18. The average Bonchev–Trinajstić information content (AvgIpc) is 3.26. The van der Waals surface area contributed by atoms with Gasteiger partial charge in [0.15, 0.2) is 9.84 Å². The van der Waals surface area contributed by atoms with E-state index in [9.17, 15) is 21.6 Å². The molecule has 0 saturated carbocycles. The Labute approximate surface area is 237 Å². The molecule has 218 valence electrons. The number of aromatic amines is 1. The summed E-state index contributed by atoms with van der Waals surface area (Å²) in [6, 6.07) is 7.64. The second-order valence-corrected chi connectivity index (χ2v) is 13.9. The first-order valence-electron chi connectivity index (χ1n) is 13.0. The smallest absolute Gasteiger partial charge is 0.368 e. The van der Waals surface area contributed by atoms with Crippen molar-refractivity contribution in [2.45, 2.75) is 51.1 Å². The SMILES string of the molecule is CC(C)(C)CCN1CCCC(CS(=O)(=O)c2ccc(-c3c(Cl)cc(Nc4n[nH]c(N)n4)cc3C(F)(F)F)cc2)C1. The van der Waals surface area contributed by atoms with E-state index in [4.69, 9.17) is 17.3 Å². The molecule has 2 aromatic carbocycles. The fourth-order valence-electron chi connectivity index (χ4n) is 4.87. The standard InChI is InChI=1S/C27H34ClF3N6O2S/c1-26(2,3)10-12-37-11-4-5-17(15-37)16-40(38,39)20-8-6-18(7-9-20)23-21(27(29,30)31)13-19(14-22(23)28)33-25-34-24(32)35-36-25/h6-9,13-14,17H,4-5,10-12,15-16H2,1-3H3,(H4,32,33,34,35,36). The van der Waals surface area contributed by atoms with Gasteiger partial charge in [0.25, 0.3) is 0 Å². The highest BCUT2D eigenvalue weighted by Crippen LogP contribution is 2.43. The number of alkyl halides is 3. The number of nitrogens with one attached hydrogen (secondary N) is 2. The minimum Gasteiger partial charge on any atom is -0.368 e. The quantitative estimate of drug-likeness (QED) is 0.275. The Morgan fingerprint density at radius 1 is 1.18 bits per heavy atom. The van der Waals surface area contributed by atoms with Crippen LogP contribution in [0.2, 0.25) is 5.02 Å². The van der Waals surface area contributed by atoms with Crippen LogP contribution in [0.4, 0.5) is 30.8 Å². The number of nitrogens with two attached hydrogens (primary N) is 1. The first-order chi connectivity index (χ1) is 18.6. The van der Waals surface area contributed by atoms with Crippen molar-refractivity contribution in [2.75, 3.05) is 36.4 Å². The Hall–Kier alpha value is -2.83. The van der Waals surface area contributed by atoms with Gasteiger partial charge in [0.05, 0.1) is 21.2 Å². The second-order valence-electron chi connectivity index (χ2n) is 11.5. The number of piperidine rings is 1. The lowest BCUT2D eigenvalue weighted by Crippen LogP contribution is -2.39. The summed E-state index contributed by atoms with van der Waals surface area (Å²) in [5, 5.41) is 8.61. The van der Waals surface area contributed by atoms with Crippen LogP contribution in [-0.4, -0.2) is 53.9 Å². The minimum atomic E-state index is -4.74. The molecular formula is C27H34ClF3N6O2S. The first-order valence-corrected chi connectivity index (χ1v) is 15.0. The third-order valence-electron chi connectivity index (χ3n) is 6.89. The number of rotatable bonds is 8. The predicted octanol–water partition coefficient (Wildman–Crippen LogP) is 6.39. The lowest BCUT2D eigenvalue weighted by molar-refractivity contribution is -0.137. The molecule has 0 bridgehead atoms. The van der Waals surface area contributed by atoms with Crippen molar-refractivity contribution in [3.05, 3.63) is 47.0 Å². The Balaban J connectivity index is 1.53. The number of nitrogen functional groups attached to an aromatic ring is 1. The molecule has 4 N–H and O–H groups in total. The van der Waals surface area contributed by atoms with Gasteiger partial charge < -0.3 is 16.0 Å². The Morgan fingerprint density at radius 2 is 1.88 bits per heavy atom. The summed E-state index contributed by atoms with van der Waals surface area (Å²) < 4.78 is 68.7. The molecule has 3 aromatic rings. The summed E-state index contributed by atoms with van der Waals surface area (Å²) in [5.74, 6) is -0.0139. The minimum absolute atomic E-state index is 0.000964. The maximum absolute atomic E-state index is 14.1. The molecule has 1 aliphatic rings. The largest absolute Gasteiger partial charge is 0.417 e. The topological polar surface area (TPSA) is 117 Å². The third-order valence-corrected chi connectivity index (χ3v) is 9.09. The van der Waals surface area contributed by atoms with E-state index < -0.39 is 21.6 Å². The van der Waals surface area contributed by atoms with Crippen molar-refractivity contribution < 1.29 is 21.6 Å². The molecule has 2 heterocycles. The summed E-state index contributed by atoms with van der Waals surface area (Å²) >= 11 is 6.34. The highest BCUT2D eigenvalue weighted by atomic mass is 35.5. The maximum atomic E-state index is 14.1. The van der Waals surface area contributed by atoms with Crippen LogP contribution in [0.25, 0.3) is 11.1 Å². The van der Waals surface area contributed by atoms with Gasteiger partial charge in [-0.1, -0.05) is 44.5 Å². The molecule has 1 aliphatic heterocycles. The molecule has 0 amide bonds. The van der Waals surface area contributed by atoms with Crippen LogP contribution >= 0.6 is 11.6 Å². The zero-order valence-corrected chi connectivity index (χ0v) is 24.2. The van der Waals surface area contributed by atoms with Crippen molar-refractivity contribution in [1.29, 1.82) is 0 Å². The Kier molecular flexibility index (Phi) is 8.72. The molecule has 1 atom stereocenters. The monoisotopic (exact) mass is 598 g/mol. The van der Waals surface area contributed by atoms with Gasteiger partial charge in [0, 0.05) is 17.8 Å². The van der Waals surface area contributed by atoms with Crippen molar-refractivity contribution in [1.82, 2.24) is 20.1 Å². The van der Waals surface area contributed by atoms with Crippen LogP contribution in [0, 0.1) is 11.3 Å². The lowest BCUT2D eigenvalue weighted by atomic mass is 9.91. The molecule has 1 aromatic heterocycles. The molecule has 13 heteroatoms. The molecule has 40 heavy (non-hydrogen) atoms. The van der Waals surface area contributed by atoms with Crippen molar-refractivity contribution in [3.63, 3.8) is 0 Å². The normalized spacial score (nSPS) is 17.2. The summed E-state index contributed by atoms with van der Waals surface area (Å²) in [4.78, 5) is 6.23. The number of anilines is 3. The van der Waals surface area contributed by atoms with E-state index in [0.29, 0.717) is 0 Å². The molecule has 1 fully saturated rings. The number of hydrogen-bond donors (Lipinski definition) is 3. The van der Waals surface area contributed by atoms with Gasteiger partial charge in [-0.15, -0.1) is 5.10 Å². The van der Waals surface area contributed by atoms with E-state index in [1.54, 1.807) is 0 Å². The highest BCUT2D eigenvalue weighted by Gasteiger charge is 2.36. The fraction of sp³-hybridized carbons (Fsp3) is 0.481. The van der Waals surface area contributed by atoms with E-state index in [2.05, 4.69) is 46.2 Å². The summed E-state index contributed by atoms with van der Waals surface area (Å²) in [5.41, 5.74) is 4.60. The number of likely N-dealkylation sites (tertiary alicyclic amines) is 1. The molecular weight excluding hydrogens is 565 g/mol. The predicted molar refractivity (Wildman–Crippen MR) is 151 cm³/mol. The number of benzene rings is 2. The van der Waals surface area contributed by atoms with Crippen LogP contribution in [0.15, 0.2) is 41.3 Å². The van der Waals surface area contributed by atoms with Gasteiger partial charge in [-0.3, -0.25) is 0 Å². The first kappa shape index (κ1) is 30.1. The van der Waals surface area contributed by atoms with Crippen LogP contribution in [0.3, 0.4) is 0 Å². The molecule has 0 aliphatic carbocycles. The molecule has 8 nitrogen and oxygen atoms in total. The molecule has 0 spiro atoms. The lowest BCUT2D eigenvalue weighted by Gasteiger charge is -2.34. The number of nitrogens with zero attached hydrogens (tertiary/aromatic N) is 3. The number of sulfone groups is 1. The van der Waals surface area contributed by atoms with Crippen LogP contribution in [0.1, 0.15) is 45.6 Å². The number of halogens is 4.